The highest BCUT2D eigenvalue weighted by atomic mass is 16.5. The van der Waals surface area contributed by atoms with E-state index in [2.05, 4.69) is 37.8 Å². The summed E-state index contributed by atoms with van der Waals surface area (Å²) in [6, 6.07) is 8.48. The van der Waals surface area contributed by atoms with Gasteiger partial charge in [0.25, 0.3) is 0 Å². The molecule has 16 heavy (non-hydrogen) atoms. The fourth-order valence-electron chi connectivity index (χ4n) is 1.57. The maximum Gasteiger partial charge on any atom is 0.0506 e. The molecule has 0 aromatic heterocycles. The first kappa shape index (κ1) is 13.0. The average molecular weight is 218 g/mol. The van der Waals surface area contributed by atoms with Gasteiger partial charge in [-0.15, -0.1) is 0 Å². The summed E-state index contributed by atoms with van der Waals surface area (Å²) >= 11 is 0. The number of rotatable bonds is 8. The van der Waals surface area contributed by atoms with Crippen molar-refractivity contribution in [2.75, 3.05) is 13.2 Å². The molecule has 0 atom stereocenters. The third kappa shape index (κ3) is 5.13. The van der Waals surface area contributed by atoms with Gasteiger partial charge < -0.3 is 4.74 Å². The lowest BCUT2D eigenvalue weighted by Crippen LogP contribution is -2.00. The minimum absolute atomic E-state index is 0.831. The SMILES string of the molecule is C=Cc1ccc(CCOCCCCC)cc1. The van der Waals surface area contributed by atoms with E-state index in [-0.39, 0.29) is 0 Å². The number of hydrogen-bond acceptors (Lipinski definition) is 1. The molecule has 1 nitrogen and oxygen atoms in total. The van der Waals surface area contributed by atoms with Crippen LogP contribution in [0.2, 0.25) is 0 Å². The second-order valence-electron chi connectivity index (χ2n) is 4.02. The fourth-order valence-corrected chi connectivity index (χ4v) is 1.57. The van der Waals surface area contributed by atoms with E-state index in [1.54, 1.807) is 0 Å². The molecular formula is C15H22O. The molecule has 1 aromatic rings. The van der Waals surface area contributed by atoms with Crippen molar-refractivity contribution in [2.45, 2.75) is 32.6 Å². The zero-order valence-electron chi connectivity index (χ0n) is 10.2. The van der Waals surface area contributed by atoms with Crippen molar-refractivity contribution in [2.24, 2.45) is 0 Å². The summed E-state index contributed by atoms with van der Waals surface area (Å²) in [5.41, 5.74) is 2.51. The molecule has 0 aliphatic heterocycles. The Morgan fingerprint density at radius 3 is 2.50 bits per heavy atom. The molecule has 0 fully saturated rings. The van der Waals surface area contributed by atoms with Crippen LogP contribution in [0.3, 0.4) is 0 Å². The van der Waals surface area contributed by atoms with Gasteiger partial charge in [0.1, 0.15) is 0 Å². The maximum absolute atomic E-state index is 5.58. The van der Waals surface area contributed by atoms with E-state index in [1.165, 1.54) is 30.4 Å². The normalized spacial score (nSPS) is 10.3. The largest absolute Gasteiger partial charge is 0.381 e. The van der Waals surface area contributed by atoms with Gasteiger partial charge in [0.15, 0.2) is 0 Å². The van der Waals surface area contributed by atoms with Crippen molar-refractivity contribution in [1.29, 1.82) is 0 Å². The molecule has 0 N–H and O–H groups in total. The Morgan fingerprint density at radius 1 is 1.12 bits per heavy atom. The van der Waals surface area contributed by atoms with Crippen LogP contribution >= 0.6 is 0 Å². The van der Waals surface area contributed by atoms with Gasteiger partial charge in [-0.25, -0.2) is 0 Å². The average Bonchev–Trinajstić information content (AvgIpc) is 2.34. The van der Waals surface area contributed by atoms with Gasteiger partial charge in [-0.05, 0) is 24.0 Å². The predicted octanol–water partition coefficient (Wildman–Crippen LogP) is 4.08. The van der Waals surface area contributed by atoms with Gasteiger partial charge in [0.2, 0.25) is 0 Å². The molecule has 1 rings (SSSR count). The smallest absolute Gasteiger partial charge is 0.0506 e. The first-order valence-electron chi connectivity index (χ1n) is 6.16. The summed E-state index contributed by atoms with van der Waals surface area (Å²) in [4.78, 5) is 0. The molecule has 88 valence electrons. The summed E-state index contributed by atoms with van der Waals surface area (Å²) in [6.45, 7) is 7.68. The number of unbranched alkanes of at least 4 members (excludes halogenated alkanes) is 2. The molecule has 0 saturated heterocycles. The lowest BCUT2D eigenvalue weighted by Gasteiger charge is -2.04. The van der Waals surface area contributed by atoms with Crippen LogP contribution in [0.1, 0.15) is 37.3 Å². The van der Waals surface area contributed by atoms with Crippen LogP contribution in [-0.4, -0.2) is 13.2 Å². The van der Waals surface area contributed by atoms with Gasteiger partial charge in [-0.1, -0.05) is 56.7 Å². The fraction of sp³-hybridized carbons (Fsp3) is 0.467. The number of benzene rings is 1. The van der Waals surface area contributed by atoms with Crippen molar-refractivity contribution < 1.29 is 4.74 Å². The highest BCUT2D eigenvalue weighted by Gasteiger charge is 1.93. The minimum Gasteiger partial charge on any atom is -0.381 e. The Labute approximate surface area is 99.1 Å². The molecule has 0 unspecified atom stereocenters. The van der Waals surface area contributed by atoms with E-state index in [4.69, 9.17) is 4.74 Å². The van der Waals surface area contributed by atoms with Gasteiger partial charge in [-0.2, -0.15) is 0 Å². The molecule has 0 aliphatic rings. The quantitative estimate of drug-likeness (QED) is 0.597. The summed E-state index contributed by atoms with van der Waals surface area (Å²) in [5.74, 6) is 0. The minimum atomic E-state index is 0.831. The van der Waals surface area contributed by atoms with Gasteiger partial charge in [0.05, 0.1) is 6.61 Å². The van der Waals surface area contributed by atoms with Crippen LogP contribution in [0.5, 0.6) is 0 Å². The van der Waals surface area contributed by atoms with E-state index >= 15 is 0 Å². The standard InChI is InChI=1S/C15H22O/c1-3-5-6-12-16-13-11-15-9-7-14(4-2)8-10-15/h4,7-10H,2-3,5-6,11-13H2,1H3. The Kier molecular flexibility index (Phi) is 6.59. The third-order valence-corrected chi connectivity index (χ3v) is 2.64. The van der Waals surface area contributed by atoms with Gasteiger partial charge in [-0.3, -0.25) is 0 Å². The van der Waals surface area contributed by atoms with Gasteiger partial charge >= 0.3 is 0 Å². The van der Waals surface area contributed by atoms with E-state index in [0.29, 0.717) is 0 Å². The van der Waals surface area contributed by atoms with Crippen LogP contribution in [0.25, 0.3) is 6.08 Å². The highest BCUT2D eigenvalue weighted by molar-refractivity contribution is 5.47. The van der Waals surface area contributed by atoms with E-state index < -0.39 is 0 Å². The molecule has 0 bridgehead atoms. The second-order valence-corrected chi connectivity index (χ2v) is 4.02. The molecule has 0 spiro atoms. The first-order valence-corrected chi connectivity index (χ1v) is 6.16. The zero-order chi connectivity index (χ0) is 11.6. The summed E-state index contributed by atoms with van der Waals surface area (Å²) in [7, 11) is 0. The summed E-state index contributed by atoms with van der Waals surface area (Å²) in [6.07, 6.45) is 6.58. The summed E-state index contributed by atoms with van der Waals surface area (Å²) < 4.78 is 5.58. The van der Waals surface area contributed by atoms with Gasteiger partial charge in [0, 0.05) is 6.61 Å². The highest BCUT2D eigenvalue weighted by Crippen LogP contribution is 2.06. The van der Waals surface area contributed by atoms with Crippen LogP contribution in [-0.2, 0) is 11.2 Å². The summed E-state index contributed by atoms with van der Waals surface area (Å²) in [5, 5.41) is 0. The Hall–Kier alpha value is -1.08. The molecular weight excluding hydrogens is 196 g/mol. The van der Waals surface area contributed by atoms with Crippen molar-refractivity contribution in [3.63, 3.8) is 0 Å². The predicted molar refractivity (Wildman–Crippen MR) is 70.6 cm³/mol. The number of ether oxygens (including phenoxy) is 1. The molecule has 0 amide bonds. The van der Waals surface area contributed by atoms with Crippen molar-refractivity contribution in [3.8, 4) is 0 Å². The Balaban J connectivity index is 2.14. The third-order valence-electron chi connectivity index (χ3n) is 2.64. The lowest BCUT2D eigenvalue weighted by molar-refractivity contribution is 0.133. The topological polar surface area (TPSA) is 9.23 Å². The maximum atomic E-state index is 5.58. The van der Waals surface area contributed by atoms with Crippen molar-refractivity contribution >= 4 is 6.08 Å². The van der Waals surface area contributed by atoms with Crippen molar-refractivity contribution in [3.05, 3.63) is 42.0 Å². The zero-order valence-corrected chi connectivity index (χ0v) is 10.2. The Bertz CT molecular complexity index is 287. The van der Waals surface area contributed by atoms with Crippen LogP contribution < -0.4 is 0 Å². The lowest BCUT2D eigenvalue weighted by atomic mass is 10.1. The molecule has 0 heterocycles. The molecule has 0 saturated carbocycles. The van der Waals surface area contributed by atoms with Crippen LogP contribution in [0.15, 0.2) is 30.8 Å². The first-order chi connectivity index (χ1) is 7.86. The molecule has 0 aliphatic carbocycles. The monoisotopic (exact) mass is 218 g/mol. The van der Waals surface area contributed by atoms with Crippen LogP contribution in [0.4, 0.5) is 0 Å². The van der Waals surface area contributed by atoms with E-state index in [1.807, 2.05) is 6.08 Å². The van der Waals surface area contributed by atoms with E-state index in [9.17, 15) is 0 Å². The molecule has 1 aromatic carbocycles. The molecule has 0 radical (unpaired) electrons. The Morgan fingerprint density at radius 2 is 1.88 bits per heavy atom. The van der Waals surface area contributed by atoms with Crippen LogP contribution in [0, 0.1) is 0 Å². The van der Waals surface area contributed by atoms with E-state index in [0.717, 1.165) is 19.6 Å². The van der Waals surface area contributed by atoms with Crippen molar-refractivity contribution in [1.82, 2.24) is 0 Å². The number of hydrogen-bond donors (Lipinski definition) is 0. The second kappa shape index (κ2) is 8.12. The molecule has 1 heteroatoms.